The molecule has 2 N–H and O–H groups in total. The highest BCUT2D eigenvalue weighted by Gasteiger charge is 2.11. The fourth-order valence-corrected chi connectivity index (χ4v) is 1.69. The van der Waals surface area contributed by atoms with E-state index in [1.54, 1.807) is 13.3 Å². The molecule has 0 spiro atoms. The van der Waals surface area contributed by atoms with Crippen LogP contribution in [0.2, 0.25) is 0 Å². The van der Waals surface area contributed by atoms with Crippen LogP contribution < -0.4 is 10.5 Å². The summed E-state index contributed by atoms with van der Waals surface area (Å²) in [5, 5.41) is 0. The second-order valence-corrected chi connectivity index (χ2v) is 3.98. The third kappa shape index (κ3) is 4.83. The van der Waals surface area contributed by atoms with E-state index in [4.69, 9.17) is 15.2 Å². The summed E-state index contributed by atoms with van der Waals surface area (Å²) in [6.45, 7) is 3.55. The van der Waals surface area contributed by atoms with Crippen molar-refractivity contribution in [2.75, 3.05) is 33.4 Å². The van der Waals surface area contributed by atoms with E-state index in [-0.39, 0.29) is 24.0 Å². The van der Waals surface area contributed by atoms with E-state index < -0.39 is 0 Å². The first kappa shape index (κ1) is 16.0. The van der Waals surface area contributed by atoms with Crippen LogP contribution in [0, 0.1) is 0 Å². The summed E-state index contributed by atoms with van der Waals surface area (Å²) in [5.41, 5.74) is 6.93. The molecule has 1 fully saturated rings. The van der Waals surface area contributed by atoms with Gasteiger partial charge in [-0.2, -0.15) is 0 Å². The van der Waals surface area contributed by atoms with Crippen molar-refractivity contribution in [1.29, 1.82) is 0 Å². The number of pyridine rings is 1. The summed E-state index contributed by atoms with van der Waals surface area (Å²) in [4.78, 5) is 10.5. The van der Waals surface area contributed by atoms with E-state index >= 15 is 0 Å². The van der Waals surface area contributed by atoms with E-state index in [9.17, 15) is 0 Å². The molecule has 1 aromatic heterocycles. The zero-order valence-electron chi connectivity index (χ0n) is 10.9. The molecule has 1 saturated heterocycles. The van der Waals surface area contributed by atoms with E-state index in [1.807, 2.05) is 17.0 Å². The minimum absolute atomic E-state index is 0. The molecule has 0 aliphatic carbocycles. The topological polar surface area (TPSA) is 73.0 Å². The predicted molar refractivity (Wildman–Crippen MR) is 83.9 cm³/mol. The first-order valence-corrected chi connectivity index (χ1v) is 5.91. The quantitative estimate of drug-likeness (QED) is 0.480. The first-order chi connectivity index (χ1) is 8.79. The molecule has 106 valence electrons. The highest BCUT2D eigenvalue weighted by Crippen LogP contribution is 2.07. The Morgan fingerprint density at radius 2 is 2.21 bits per heavy atom. The van der Waals surface area contributed by atoms with Gasteiger partial charge in [0.2, 0.25) is 5.88 Å². The summed E-state index contributed by atoms with van der Waals surface area (Å²) in [6, 6.07) is 3.75. The summed E-state index contributed by atoms with van der Waals surface area (Å²) in [7, 11) is 1.59. The lowest BCUT2D eigenvalue weighted by molar-refractivity contribution is 0.0674. The normalized spacial score (nSPS) is 15.8. The van der Waals surface area contributed by atoms with Crippen molar-refractivity contribution >= 4 is 29.9 Å². The lowest BCUT2D eigenvalue weighted by Crippen LogP contribution is -2.44. The molecule has 1 aliphatic rings. The number of aliphatic imine (C=N–C) groups is 1. The Morgan fingerprint density at radius 3 is 2.79 bits per heavy atom. The predicted octanol–water partition coefficient (Wildman–Crippen LogP) is 0.855. The Labute approximate surface area is 130 Å². The molecule has 7 heteroatoms. The average Bonchev–Trinajstić information content (AvgIpc) is 2.46. The van der Waals surface area contributed by atoms with E-state index in [0.717, 1.165) is 18.7 Å². The van der Waals surface area contributed by atoms with E-state index in [1.165, 1.54) is 0 Å². The second kappa shape index (κ2) is 8.16. The average molecular weight is 378 g/mol. The summed E-state index contributed by atoms with van der Waals surface area (Å²) >= 11 is 0. The molecule has 19 heavy (non-hydrogen) atoms. The minimum Gasteiger partial charge on any atom is -0.481 e. The Kier molecular flexibility index (Phi) is 6.85. The molecule has 0 atom stereocenters. The lowest BCUT2D eigenvalue weighted by Gasteiger charge is -2.27. The maximum Gasteiger partial charge on any atom is 0.212 e. The molecule has 0 radical (unpaired) electrons. The number of hydrogen-bond donors (Lipinski definition) is 1. The third-order valence-corrected chi connectivity index (χ3v) is 2.77. The van der Waals surface area contributed by atoms with Crippen LogP contribution in [0.4, 0.5) is 0 Å². The van der Waals surface area contributed by atoms with Gasteiger partial charge in [0.15, 0.2) is 5.96 Å². The second-order valence-electron chi connectivity index (χ2n) is 3.98. The van der Waals surface area contributed by atoms with Gasteiger partial charge in [-0.1, -0.05) is 6.07 Å². The van der Waals surface area contributed by atoms with Gasteiger partial charge in [0.1, 0.15) is 0 Å². The van der Waals surface area contributed by atoms with Gasteiger partial charge in [0.25, 0.3) is 0 Å². The molecule has 6 nitrogen and oxygen atoms in total. The van der Waals surface area contributed by atoms with Crippen LogP contribution >= 0.6 is 24.0 Å². The molecule has 0 bridgehead atoms. The molecule has 1 aliphatic heterocycles. The molecule has 0 saturated carbocycles. The van der Waals surface area contributed by atoms with E-state index in [0.29, 0.717) is 31.6 Å². The van der Waals surface area contributed by atoms with Crippen LogP contribution in [-0.2, 0) is 11.3 Å². The van der Waals surface area contributed by atoms with Crippen molar-refractivity contribution in [3.05, 3.63) is 23.9 Å². The zero-order chi connectivity index (χ0) is 12.8. The SMILES string of the molecule is COc1ccc(CN=C(N)N2CCOCC2)cn1.I. The summed E-state index contributed by atoms with van der Waals surface area (Å²) in [6.07, 6.45) is 1.74. The summed E-state index contributed by atoms with van der Waals surface area (Å²) in [5.74, 6) is 1.16. The molecule has 1 aromatic rings. The molecule has 0 aromatic carbocycles. The Balaban J connectivity index is 0.00000180. The van der Waals surface area contributed by atoms with Gasteiger partial charge >= 0.3 is 0 Å². The number of nitrogens with zero attached hydrogens (tertiary/aromatic N) is 3. The van der Waals surface area contributed by atoms with Gasteiger partial charge in [-0.05, 0) is 5.56 Å². The Morgan fingerprint density at radius 1 is 1.47 bits per heavy atom. The molecule has 0 amide bonds. The van der Waals surface area contributed by atoms with Crippen molar-refractivity contribution in [3.8, 4) is 5.88 Å². The number of guanidine groups is 1. The van der Waals surface area contributed by atoms with Crippen LogP contribution in [-0.4, -0.2) is 49.3 Å². The van der Waals surface area contributed by atoms with Crippen LogP contribution in [0.5, 0.6) is 5.88 Å². The van der Waals surface area contributed by atoms with Crippen LogP contribution in [0.15, 0.2) is 23.3 Å². The highest BCUT2D eigenvalue weighted by molar-refractivity contribution is 14.0. The maximum absolute atomic E-state index is 5.93. The van der Waals surface area contributed by atoms with Gasteiger partial charge in [-0.3, -0.25) is 0 Å². The standard InChI is InChI=1S/C12H18N4O2.HI/c1-17-11-3-2-10(8-14-11)9-15-12(13)16-4-6-18-7-5-16;/h2-3,8H,4-7,9H2,1H3,(H2,13,15);1H. The Bertz CT molecular complexity index is 405. The number of rotatable bonds is 3. The van der Waals surface area contributed by atoms with Gasteiger partial charge in [-0.15, -0.1) is 24.0 Å². The molecule has 2 rings (SSSR count). The van der Waals surface area contributed by atoms with E-state index in [2.05, 4.69) is 9.98 Å². The monoisotopic (exact) mass is 378 g/mol. The number of morpholine rings is 1. The lowest BCUT2D eigenvalue weighted by atomic mass is 10.3. The van der Waals surface area contributed by atoms with Crippen LogP contribution in [0.25, 0.3) is 0 Å². The van der Waals surface area contributed by atoms with Crippen molar-refractivity contribution in [2.24, 2.45) is 10.7 Å². The van der Waals surface area contributed by atoms with Crippen molar-refractivity contribution in [1.82, 2.24) is 9.88 Å². The number of hydrogen-bond acceptors (Lipinski definition) is 4. The van der Waals surface area contributed by atoms with Gasteiger partial charge in [0.05, 0.1) is 26.9 Å². The molecule has 0 unspecified atom stereocenters. The third-order valence-electron chi connectivity index (χ3n) is 2.77. The largest absolute Gasteiger partial charge is 0.481 e. The number of ether oxygens (including phenoxy) is 2. The molecule has 2 heterocycles. The number of nitrogens with two attached hydrogens (primary N) is 1. The zero-order valence-corrected chi connectivity index (χ0v) is 13.2. The fourth-order valence-electron chi connectivity index (χ4n) is 1.69. The summed E-state index contributed by atoms with van der Waals surface area (Å²) < 4.78 is 10.3. The fraction of sp³-hybridized carbons (Fsp3) is 0.500. The minimum atomic E-state index is 0. The van der Waals surface area contributed by atoms with Crippen LogP contribution in [0.1, 0.15) is 5.56 Å². The van der Waals surface area contributed by atoms with Gasteiger partial charge in [-0.25, -0.2) is 9.98 Å². The number of aromatic nitrogens is 1. The maximum atomic E-state index is 5.93. The highest BCUT2D eigenvalue weighted by atomic mass is 127. The number of methoxy groups -OCH3 is 1. The van der Waals surface area contributed by atoms with Gasteiger partial charge < -0.3 is 20.1 Å². The van der Waals surface area contributed by atoms with Crippen LogP contribution in [0.3, 0.4) is 0 Å². The van der Waals surface area contributed by atoms with Crippen molar-refractivity contribution in [2.45, 2.75) is 6.54 Å². The molecular weight excluding hydrogens is 359 g/mol. The molecular formula is C12H19IN4O2. The first-order valence-electron chi connectivity index (χ1n) is 5.91. The van der Waals surface area contributed by atoms with Crippen molar-refractivity contribution < 1.29 is 9.47 Å². The van der Waals surface area contributed by atoms with Crippen molar-refractivity contribution in [3.63, 3.8) is 0 Å². The van der Waals surface area contributed by atoms with Gasteiger partial charge in [0, 0.05) is 25.4 Å². The number of halogens is 1. The smallest absolute Gasteiger partial charge is 0.212 e. The Hall–Kier alpha value is -1.09.